The molecule has 0 radical (unpaired) electrons. The van der Waals surface area contributed by atoms with Gasteiger partial charge in [-0.25, -0.2) is 0 Å². The standard InChI is InChI=1S/C29H47F3O2/c1-16(29(30,31)32)6-11-24(33)17(2)20-9-10-21-19-7-8-23-25-18(3)28(25,34)15-14-27(23,5)22(19)12-13-26(20,21)4/h16-25,33-34H,6-15H2,1-5H3/t16-,17-,18?,19-,20+,21-,22-,23+,24+,25?,26+,27+,28-/m0/s1. The third kappa shape index (κ3) is 3.56. The SMILES string of the molecule is CC1C2[C@H]3CC[C@@H]4[C@H](CC[C@]5(C)[C@@H]([C@H](C)[C@H](O)CC[C@H](C)C(F)(F)F)CC[C@@H]45)[C@@]3(C)CC[C@]12O. The summed E-state index contributed by atoms with van der Waals surface area (Å²) in [5.41, 5.74) is 0.166. The van der Waals surface area contributed by atoms with Gasteiger partial charge >= 0.3 is 6.18 Å². The van der Waals surface area contributed by atoms with Crippen molar-refractivity contribution in [1.82, 2.24) is 0 Å². The van der Waals surface area contributed by atoms with Crippen LogP contribution in [0.2, 0.25) is 0 Å². The Morgan fingerprint density at radius 2 is 1.50 bits per heavy atom. The number of alkyl halides is 3. The molecule has 5 heteroatoms. The molecule has 0 amide bonds. The largest absolute Gasteiger partial charge is 0.393 e. The molecule has 2 unspecified atom stereocenters. The van der Waals surface area contributed by atoms with Crippen molar-refractivity contribution in [2.75, 3.05) is 0 Å². The van der Waals surface area contributed by atoms with Gasteiger partial charge in [-0.15, -0.1) is 0 Å². The Morgan fingerprint density at radius 3 is 2.18 bits per heavy atom. The molecule has 13 atom stereocenters. The van der Waals surface area contributed by atoms with Crippen LogP contribution in [0.25, 0.3) is 0 Å². The predicted octanol–water partition coefficient (Wildman–Crippen LogP) is 7.23. The third-order valence-corrected chi connectivity index (χ3v) is 13.0. The predicted molar refractivity (Wildman–Crippen MR) is 128 cm³/mol. The van der Waals surface area contributed by atoms with Gasteiger partial charge in [-0.2, -0.15) is 13.2 Å². The van der Waals surface area contributed by atoms with Crippen molar-refractivity contribution >= 4 is 0 Å². The van der Waals surface area contributed by atoms with Gasteiger partial charge in [0.15, 0.2) is 0 Å². The highest BCUT2D eigenvalue weighted by molar-refractivity contribution is 5.21. The van der Waals surface area contributed by atoms with E-state index in [2.05, 4.69) is 27.7 Å². The minimum atomic E-state index is -4.17. The van der Waals surface area contributed by atoms with Crippen LogP contribution in [0, 0.1) is 64.1 Å². The monoisotopic (exact) mass is 484 g/mol. The zero-order valence-electron chi connectivity index (χ0n) is 21.9. The van der Waals surface area contributed by atoms with E-state index in [1.165, 1.54) is 39.0 Å². The zero-order valence-corrected chi connectivity index (χ0v) is 21.9. The van der Waals surface area contributed by atoms with Crippen molar-refractivity contribution in [3.8, 4) is 0 Å². The first kappa shape index (κ1) is 25.4. The lowest BCUT2D eigenvalue weighted by Crippen LogP contribution is -2.54. The van der Waals surface area contributed by atoms with Crippen LogP contribution in [0.4, 0.5) is 13.2 Å². The summed E-state index contributed by atoms with van der Waals surface area (Å²) in [7, 11) is 0. The number of aliphatic hydroxyl groups excluding tert-OH is 1. The summed E-state index contributed by atoms with van der Waals surface area (Å²) in [4.78, 5) is 0. The molecule has 0 aromatic carbocycles. The minimum absolute atomic E-state index is 0.0122. The molecule has 0 spiro atoms. The van der Waals surface area contributed by atoms with Crippen LogP contribution in [-0.4, -0.2) is 28.1 Å². The Balaban J connectivity index is 1.27. The minimum Gasteiger partial charge on any atom is -0.393 e. The van der Waals surface area contributed by atoms with Crippen LogP contribution in [0.1, 0.15) is 98.8 Å². The molecule has 0 aliphatic heterocycles. The van der Waals surface area contributed by atoms with Gasteiger partial charge in [0.2, 0.25) is 0 Å². The van der Waals surface area contributed by atoms with Crippen molar-refractivity contribution in [1.29, 1.82) is 0 Å². The van der Waals surface area contributed by atoms with E-state index >= 15 is 0 Å². The first-order chi connectivity index (χ1) is 15.7. The molecule has 0 heterocycles. The third-order valence-electron chi connectivity index (χ3n) is 13.0. The molecule has 0 aromatic heterocycles. The maximum Gasteiger partial charge on any atom is 0.391 e. The number of halogens is 3. The van der Waals surface area contributed by atoms with E-state index < -0.39 is 18.2 Å². The second-order valence-corrected chi connectivity index (χ2v) is 14.0. The molecule has 5 fully saturated rings. The topological polar surface area (TPSA) is 40.5 Å². The van der Waals surface area contributed by atoms with Crippen molar-refractivity contribution in [3.63, 3.8) is 0 Å². The molecule has 5 aliphatic carbocycles. The fourth-order valence-corrected chi connectivity index (χ4v) is 10.7. The van der Waals surface area contributed by atoms with E-state index in [0.717, 1.165) is 31.1 Å². The highest BCUT2D eigenvalue weighted by atomic mass is 19.4. The van der Waals surface area contributed by atoms with E-state index in [0.29, 0.717) is 35.0 Å². The Hall–Kier alpha value is -0.290. The number of aliphatic hydroxyl groups is 2. The van der Waals surface area contributed by atoms with Crippen molar-refractivity contribution in [2.45, 2.75) is 117 Å². The highest BCUT2D eigenvalue weighted by Gasteiger charge is 2.72. The van der Waals surface area contributed by atoms with Crippen molar-refractivity contribution in [3.05, 3.63) is 0 Å². The van der Waals surface area contributed by atoms with Crippen LogP contribution in [0.3, 0.4) is 0 Å². The van der Waals surface area contributed by atoms with Gasteiger partial charge in [-0.05, 0) is 122 Å². The Bertz CT molecular complexity index is 784. The van der Waals surface area contributed by atoms with Crippen LogP contribution in [-0.2, 0) is 0 Å². The van der Waals surface area contributed by atoms with Gasteiger partial charge < -0.3 is 10.2 Å². The molecule has 5 saturated carbocycles. The quantitative estimate of drug-likeness (QED) is 0.432. The molecule has 5 aliphatic rings. The summed E-state index contributed by atoms with van der Waals surface area (Å²) in [6.45, 7) is 10.6. The lowest BCUT2D eigenvalue weighted by atomic mass is 9.44. The molecular formula is C29H47F3O2. The first-order valence-electron chi connectivity index (χ1n) is 14.2. The van der Waals surface area contributed by atoms with Crippen LogP contribution >= 0.6 is 0 Å². The summed E-state index contributed by atoms with van der Waals surface area (Å²) in [6.07, 6.45) is 4.84. The van der Waals surface area contributed by atoms with Gasteiger partial charge in [0.25, 0.3) is 0 Å². The number of hydrogen-bond acceptors (Lipinski definition) is 2. The highest BCUT2D eigenvalue weighted by Crippen LogP contribution is 2.74. The fourth-order valence-electron chi connectivity index (χ4n) is 10.7. The van der Waals surface area contributed by atoms with Crippen LogP contribution in [0.5, 0.6) is 0 Å². The molecule has 0 saturated heterocycles. The van der Waals surface area contributed by atoms with E-state index in [9.17, 15) is 23.4 Å². The molecule has 0 bridgehead atoms. The fraction of sp³-hybridized carbons (Fsp3) is 1.00. The van der Waals surface area contributed by atoms with E-state index in [4.69, 9.17) is 0 Å². The summed E-state index contributed by atoms with van der Waals surface area (Å²) in [6, 6.07) is 0. The van der Waals surface area contributed by atoms with Crippen LogP contribution < -0.4 is 0 Å². The van der Waals surface area contributed by atoms with Crippen molar-refractivity contribution in [2.24, 2.45) is 64.1 Å². The van der Waals surface area contributed by atoms with Gasteiger partial charge in [-0.3, -0.25) is 0 Å². The lowest BCUT2D eigenvalue weighted by Gasteiger charge is -2.61. The van der Waals surface area contributed by atoms with Crippen molar-refractivity contribution < 1.29 is 23.4 Å². The molecule has 34 heavy (non-hydrogen) atoms. The summed E-state index contributed by atoms with van der Waals surface area (Å²) in [5, 5.41) is 22.0. The lowest BCUT2D eigenvalue weighted by molar-refractivity contribution is -0.173. The zero-order chi connectivity index (χ0) is 24.8. The van der Waals surface area contributed by atoms with E-state index in [-0.39, 0.29) is 29.8 Å². The molecular weight excluding hydrogens is 437 g/mol. The molecule has 5 rings (SSSR count). The first-order valence-corrected chi connectivity index (χ1v) is 14.2. The van der Waals surface area contributed by atoms with E-state index in [1.807, 2.05) is 0 Å². The number of rotatable bonds is 5. The van der Waals surface area contributed by atoms with Gasteiger partial charge in [0, 0.05) is 0 Å². The number of hydrogen-bond donors (Lipinski definition) is 2. The van der Waals surface area contributed by atoms with Gasteiger partial charge in [-0.1, -0.05) is 34.6 Å². The maximum absolute atomic E-state index is 13.0. The molecule has 196 valence electrons. The Labute approximate surface area is 204 Å². The van der Waals surface area contributed by atoms with Gasteiger partial charge in [0.05, 0.1) is 17.6 Å². The Kier molecular flexibility index (Phi) is 6.04. The summed E-state index contributed by atoms with van der Waals surface area (Å²) in [5.74, 6) is 2.89. The van der Waals surface area contributed by atoms with E-state index in [1.54, 1.807) is 0 Å². The molecule has 2 N–H and O–H groups in total. The second kappa shape index (κ2) is 8.10. The Morgan fingerprint density at radius 1 is 0.853 bits per heavy atom. The second-order valence-electron chi connectivity index (χ2n) is 14.0. The normalized spacial score (nSPS) is 52.6. The maximum atomic E-state index is 13.0. The summed E-state index contributed by atoms with van der Waals surface area (Å²) >= 11 is 0. The number of fused-ring (bicyclic) bond motifs is 7. The molecule has 0 aromatic rings. The average molecular weight is 485 g/mol. The van der Waals surface area contributed by atoms with Crippen LogP contribution in [0.15, 0.2) is 0 Å². The average Bonchev–Trinajstić information content (AvgIpc) is 3.13. The molecule has 2 nitrogen and oxygen atoms in total. The smallest absolute Gasteiger partial charge is 0.391 e. The van der Waals surface area contributed by atoms with Gasteiger partial charge in [0.1, 0.15) is 0 Å². The summed E-state index contributed by atoms with van der Waals surface area (Å²) < 4.78 is 38.9.